The van der Waals surface area contributed by atoms with Gasteiger partial charge < -0.3 is 0 Å². The van der Waals surface area contributed by atoms with E-state index in [1.54, 1.807) is 0 Å². The summed E-state index contributed by atoms with van der Waals surface area (Å²) in [6.45, 7) is 7.58. The van der Waals surface area contributed by atoms with Crippen LogP contribution in [-0.4, -0.2) is 6.72 Å². The highest BCUT2D eigenvalue weighted by Crippen LogP contribution is 2.15. The molecule has 0 radical (unpaired) electrons. The quantitative estimate of drug-likeness (QED) is 0.522. The normalized spacial score (nSPS) is 9.40. The molecule has 0 saturated carbocycles. The lowest BCUT2D eigenvalue weighted by atomic mass is 10.1. The molecule has 1 rings (SSSR count). The predicted molar refractivity (Wildman–Crippen MR) is 45.1 cm³/mol. The minimum absolute atomic E-state index is 0.956. The molecule has 1 nitrogen and oxygen atoms in total. The van der Waals surface area contributed by atoms with E-state index in [-0.39, 0.29) is 0 Å². The van der Waals surface area contributed by atoms with Gasteiger partial charge in [0.25, 0.3) is 0 Å². The predicted octanol–water partition coefficient (Wildman–Crippen LogP) is 2.64. The number of benzene rings is 1. The molecule has 0 aliphatic rings. The Morgan fingerprint density at radius 1 is 1.10 bits per heavy atom. The van der Waals surface area contributed by atoms with E-state index in [1.165, 1.54) is 11.1 Å². The molecule has 1 aromatic carbocycles. The van der Waals surface area contributed by atoms with Crippen molar-refractivity contribution < 1.29 is 0 Å². The maximum absolute atomic E-state index is 3.84. The minimum atomic E-state index is 0.956. The van der Waals surface area contributed by atoms with Crippen LogP contribution in [0.1, 0.15) is 11.1 Å². The standard InChI is InChI=1S/C9H11N/c1-7-4-8(2)6-9(5-7)10-3/h4-6H,3H2,1-2H3. The van der Waals surface area contributed by atoms with Crippen molar-refractivity contribution in [3.05, 3.63) is 29.3 Å². The van der Waals surface area contributed by atoms with Crippen LogP contribution in [0.15, 0.2) is 23.2 Å². The second-order valence-corrected chi connectivity index (χ2v) is 2.50. The molecule has 10 heavy (non-hydrogen) atoms. The van der Waals surface area contributed by atoms with E-state index in [0.29, 0.717) is 0 Å². The van der Waals surface area contributed by atoms with E-state index >= 15 is 0 Å². The van der Waals surface area contributed by atoms with Crippen molar-refractivity contribution in [2.24, 2.45) is 4.99 Å². The van der Waals surface area contributed by atoms with Crippen molar-refractivity contribution in [1.82, 2.24) is 0 Å². The molecule has 0 heterocycles. The summed E-state index contributed by atoms with van der Waals surface area (Å²) in [5.41, 5.74) is 3.43. The lowest BCUT2D eigenvalue weighted by molar-refractivity contribution is 1.36. The third-order valence-corrected chi connectivity index (χ3v) is 1.39. The van der Waals surface area contributed by atoms with Crippen LogP contribution in [0.2, 0.25) is 0 Å². The average molecular weight is 133 g/mol. The molecule has 0 aliphatic heterocycles. The summed E-state index contributed by atoms with van der Waals surface area (Å²) < 4.78 is 0. The summed E-state index contributed by atoms with van der Waals surface area (Å²) in [6.07, 6.45) is 0. The lowest BCUT2D eigenvalue weighted by Crippen LogP contribution is -1.74. The number of nitrogens with zero attached hydrogens (tertiary/aromatic N) is 1. The molecule has 1 heteroatoms. The zero-order valence-corrected chi connectivity index (χ0v) is 6.39. The van der Waals surface area contributed by atoms with Crippen LogP contribution in [0.25, 0.3) is 0 Å². The number of aryl methyl sites for hydroxylation is 2. The third kappa shape index (κ3) is 1.44. The van der Waals surface area contributed by atoms with E-state index in [2.05, 4.69) is 31.6 Å². The molecule has 1 aromatic rings. The number of aliphatic imine (C=N–C) groups is 1. The highest BCUT2D eigenvalue weighted by molar-refractivity contribution is 5.48. The van der Waals surface area contributed by atoms with Crippen LogP contribution >= 0.6 is 0 Å². The SMILES string of the molecule is C=Nc1cc(C)cc(C)c1. The van der Waals surface area contributed by atoms with E-state index in [1.807, 2.05) is 12.1 Å². The van der Waals surface area contributed by atoms with Gasteiger partial charge in [0.2, 0.25) is 0 Å². The van der Waals surface area contributed by atoms with E-state index < -0.39 is 0 Å². The first kappa shape index (κ1) is 7.00. The Bertz CT molecular complexity index is 231. The minimum Gasteiger partial charge on any atom is -0.265 e. The summed E-state index contributed by atoms with van der Waals surface area (Å²) in [5.74, 6) is 0. The van der Waals surface area contributed by atoms with Gasteiger partial charge in [-0.25, -0.2) is 0 Å². The van der Waals surface area contributed by atoms with E-state index in [9.17, 15) is 0 Å². The topological polar surface area (TPSA) is 12.4 Å². The highest BCUT2D eigenvalue weighted by atomic mass is 14.7. The molecule has 0 saturated heterocycles. The van der Waals surface area contributed by atoms with Crippen molar-refractivity contribution in [3.8, 4) is 0 Å². The molecular formula is C9H11N. The van der Waals surface area contributed by atoms with Gasteiger partial charge in [0.1, 0.15) is 0 Å². The van der Waals surface area contributed by atoms with Crippen LogP contribution < -0.4 is 0 Å². The Labute approximate surface area is 61.4 Å². The van der Waals surface area contributed by atoms with Gasteiger partial charge in [0.15, 0.2) is 0 Å². The van der Waals surface area contributed by atoms with Crippen molar-refractivity contribution in [2.75, 3.05) is 0 Å². The third-order valence-electron chi connectivity index (χ3n) is 1.39. The molecule has 0 aromatic heterocycles. The molecule has 0 amide bonds. The molecule has 0 N–H and O–H groups in total. The molecule has 0 atom stereocenters. The first-order chi connectivity index (χ1) is 4.72. The largest absolute Gasteiger partial charge is 0.265 e. The fraction of sp³-hybridized carbons (Fsp3) is 0.222. The maximum atomic E-state index is 3.84. The van der Waals surface area contributed by atoms with Crippen molar-refractivity contribution in [2.45, 2.75) is 13.8 Å². The summed E-state index contributed by atoms with van der Waals surface area (Å²) in [5, 5.41) is 0. The summed E-state index contributed by atoms with van der Waals surface area (Å²) in [7, 11) is 0. The van der Waals surface area contributed by atoms with Gasteiger partial charge in [-0.3, -0.25) is 4.99 Å². The Hall–Kier alpha value is -1.11. The smallest absolute Gasteiger partial charge is 0.0627 e. The van der Waals surface area contributed by atoms with Gasteiger partial charge in [-0.1, -0.05) is 6.07 Å². The monoisotopic (exact) mass is 133 g/mol. The summed E-state index contributed by atoms with van der Waals surface area (Å²) in [6, 6.07) is 6.15. The van der Waals surface area contributed by atoms with Crippen LogP contribution in [0.4, 0.5) is 5.69 Å². The maximum Gasteiger partial charge on any atom is 0.0627 e. The molecule has 0 spiro atoms. The van der Waals surface area contributed by atoms with Crippen molar-refractivity contribution in [1.29, 1.82) is 0 Å². The number of rotatable bonds is 1. The van der Waals surface area contributed by atoms with Crippen LogP contribution in [0.5, 0.6) is 0 Å². The second kappa shape index (κ2) is 2.65. The van der Waals surface area contributed by atoms with Gasteiger partial charge in [-0.15, -0.1) is 0 Å². The van der Waals surface area contributed by atoms with Crippen LogP contribution in [0.3, 0.4) is 0 Å². The average Bonchev–Trinajstić information content (AvgIpc) is 1.85. The van der Waals surface area contributed by atoms with Gasteiger partial charge in [0.05, 0.1) is 5.69 Å². The fourth-order valence-electron chi connectivity index (χ4n) is 1.04. The van der Waals surface area contributed by atoms with Gasteiger partial charge >= 0.3 is 0 Å². The zero-order chi connectivity index (χ0) is 7.56. The van der Waals surface area contributed by atoms with Gasteiger partial charge in [-0.2, -0.15) is 0 Å². The molecule has 0 unspecified atom stereocenters. The Morgan fingerprint density at radius 2 is 1.60 bits per heavy atom. The molecule has 0 bridgehead atoms. The Balaban J connectivity index is 3.18. The summed E-state index contributed by atoms with van der Waals surface area (Å²) >= 11 is 0. The molecular weight excluding hydrogens is 122 g/mol. The lowest BCUT2D eigenvalue weighted by Gasteiger charge is -1.97. The second-order valence-electron chi connectivity index (χ2n) is 2.50. The number of hydrogen-bond donors (Lipinski definition) is 0. The van der Waals surface area contributed by atoms with E-state index in [0.717, 1.165) is 5.69 Å². The molecule has 52 valence electrons. The van der Waals surface area contributed by atoms with Crippen LogP contribution in [-0.2, 0) is 0 Å². The van der Waals surface area contributed by atoms with Crippen molar-refractivity contribution >= 4 is 12.4 Å². The Morgan fingerprint density at radius 3 is 2.00 bits per heavy atom. The van der Waals surface area contributed by atoms with Gasteiger partial charge in [-0.05, 0) is 43.8 Å². The zero-order valence-electron chi connectivity index (χ0n) is 6.39. The first-order valence-electron chi connectivity index (χ1n) is 3.27. The Kier molecular flexibility index (Phi) is 1.86. The van der Waals surface area contributed by atoms with E-state index in [4.69, 9.17) is 0 Å². The number of hydrogen-bond acceptors (Lipinski definition) is 1. The van der Waals surface area contributed by atoms with Crippen LogP contribution in [0, 0.1) is 13.8 Å². The fourth-order valence-corrected chi connectivity index (χ4v) is 1.04. The summed E-state index contributed by atoms with van der Waals surface area (Å²) in [4.78, 5) is 3.84. The molecule has 0 aliphatic carbocycles. The molecule has 0 fully saturated rings. The highest BCUT2D eigenvalue weighted by Gasteiger charge is 1.90. The first-order valence-corrected chi connectivity index (χ1v) is 3.27. The van der Waals surface area contributed by atoms with Gasteiger partial charge in [0, 0.05) is 0 Å². The van der Waals surface area contributed by atoms with Crippen molar-refractivity contribution in [3.63, 3.8) is 0 Å².